The molecule has 180 valence electrons. The Labute approximate surface area is 197 Å². The van der Waals surface area contributed by atoms with E-state index < -0.39 is 0 Å². The molecule has 3 amide bonds. The zero-order valence-corrected chi connectivity index (χ0v) is 19.6. The second-order valence-electron chi connectivity index (χ2n) is 9.63. The van der Waals surface area contributed by atoms with Gasteiger partial charge in [-0.3, -0.25) is 14.4 Å². The number of piperidine rings is 2. The van der Waals surface area contributed by atoms with Crippen LogP contribution in [-0.4, -0.2) is 77.8 Å². The van der Waals surface area contributed by atoms with Gasteiger partial charge in [-0.25, -0.2) is 0 Å². The van der Waals surface area contributed by atoms with Crippen LogP contribution in [0.15, 0.2) is 30.3 Å². The largest absolute Gasteiger partial charge is 0.490 e. The van der Waals surface area contributed by atoms with Gasteiger partial charge in [-0.05, 0) is 44.2 Å². The van der Waals surface area contributed by atoms with Crippen LogP contribution in [0.2, 0.25) is 0 Å². The third-order valence-electron chi connectivity index (χ3n) is 7.19. The minimum Gasteiger partial charge on any atom is -0.490 e. The number of ether oxygens (including phenoxy) is 1. The van der Waals surface area contributed by atoms with Gasteiger partial charge in [-0.15, -0.1) is 0 Å². The van der Waals surface area contributed by atoms with Crippen LogP contribution in [0.4, 0.5) is 0 Å². The number of carbonyl (C=O) groups excluding carboxylic acids is 3. The molecule has 3 aliphatic rings. The number of hydrogen-bond donors (Lipinski definition) is 0. The molecular formula is C26H37N3O4. The number of benzene rings is 1. The van der Waals surface area contributed by atoms with Gasteiger partial charge in [0.25, 0.3) is 0 Å². The summed E-state index contributed by atoms with van der Waals surface area (Å²) in [6.45, 7) is 3.56. The molecule has 4 rings (SSSR count). The number of hydrogen-bond acceptors (Lipinski definition) is 4. The summed E-state index contributed by atoms with van der Waals surface area (Å²) in [5.41, 5.74) is 0. The van der Waals surface area contributed by atoms with E-state index in [1.165, 1.54) is 6.42 Å². The summed E-state index contributed by atoms with van der Waals surface area (Å²) in [7, 11) is 0. The van der Waals surface area contributed by atoms with Gasteiger partial charge < -0.3 is 19.4 Å². The van der Waals surface area contributed by atoms with E-state index in [0.29, 0.717) is 38.9 Å². The van der Waals surface area contributed by atoms with E-state index in [1.54, 1.807) is 4.90 Å². The van der Waals surface area contributed by atoms with Crippen molar-refractivity contribution >= 4 is 17.7 Å². The van der Waals surface area contributed by atoms with E-state index in [4.69, 9.17) is 4.74 Å². The molecule has 7 nitrogen and oxygen atoms in total. The molecule has 3 aliphatic heterocycles. The quantitative estimate of drug-likeness (QED) is 0.661. The van der Waals surface area contributed by atoms with Gasteiger partial charge in [0.2, 0.25) is 17.7 Å². The minimum atomic E-state index is -0.106. The van der Waals surface area contributed by atoms with Crippen LogP contribution in [0.5, 0.6) is 5.75 Å². The summed E-state index contributed by atoms with van der Waals surface area (Å²) >= 11 is 0. The Kier molecular flexibility index (Phi) is 8.24. The standard InChI is InChI=1S/C26H37N3O4/c30-24-12-6-2-7-16-28(24)20-26(32)29-17-13-23(33-22-10-4-1-5-11-22)21(19-29)18-25(31)27-14-8-3-9-15-27/h1,4-5,10-11,21,23H,2-3,6-9,12-20H2/t21-,23-/m0/s1. The topological polar surface area (TPSA) is 70.2 Å². The van der Waals surface area contributed by atoms with Gasteiger partial charge in [-0.2, -0.15) is 0 Å². The van der Waals surface area contributed by atoms with Crippen LogP contribution in [0.1, 0.15) is 57.8 Å². The lowest BCUT2D eigenvalue weighted by molar-refractivity contribution is -0.143. The maximum absolute atomic E-state index is 13.1. The molecule has 3 saturated heterocycles. The Bertz CT molecular complexity index is 809. The van der Waals surface area contributed by atoms with Gasteiger partial charge in [0.05, 0.1) is 6.54 Å². The first-order valence-electron chi connectivity index (χ1n) is 12.6. The molecule has 0 N–H and O–H groups in total. The highest BCUT2D eigenvalue weighted by molar-refractivity contribution is 5.85. The molecule has 33 heavy (non-hydrogen) atoms. The third-order valence-corrected chi connectivity index (χ3v) is 7.19. The van der Waals surface area contributed by atoms with Crippen molar-refractivity contribution in [3.05, 3.63) is 30.3 Å². The van der Waals surface area contributed by atoms with Crippen LogP contribution in [0, 0.1) is 5.92 Å². The van der Waals surface area contributed by atoms with E-state index >= 15 is 0 Å². The summed E-state index contributed by atoms with van der Waals surface area (Å²) in [6, 6.07) is 9.72. The van der Waals surface area contributed by atoms with E-state index in [0.717, 1.165) is 50.9 Å². The van der Waals surface area contributed by atoms with Crippen LogP contribution < -0.4 is 4.74 Å². The van der Waals surface area contributed by atoms with Gasteiger partial charge >= 0.3 is 0 Å². The highest BCUT2D eigenvalue weighted by Gasteiger charge is 2.36. The first-order valence-corrected chi connectivity index (χ1v) is 12.6. The van der Waals surface area contributed by atoms with Crippen molar-refractivity contribution < 1.29 is 19.1 Å². The summed E-state index contributed by atoms with van der Waals surface area (Å²) < 4.78 is 6.29. The lowest BCUT2D eigenvalue weighted by atomic mass is 9.90. The second kappa shape index (κ2) is 11.5. The zero-order chi connectivity index (χ0) is 23.0. The fourth-order valence-electron chi connectivity index (χ4n) is 5.23. The molecule has 0 saturated carbocycles. The summed E-state index contributed by atoms with van der Waals surface area (Å²) in [6.07, 6.45) is 7.73. The van der Waals surface area contributed by atoms with Gasteiger partial charge in [0.1, 0.15) is 11.9 Å². The predicted molar refractivity (Wildman–Crippen MR) is 126 cm³/mol. The van der Waals surface area contributed by atoms with Crippen LogP contribution in [0.3, 0.4) is 0 Å². The van der Waals surface area contributed by atoms with Crippen molar-refractivity contribution in [3.63, 3.8) is 0 Å². The number of amides is 3. The average Bonchev–Trinajstić information content (AvgIpc) is 3.05. The van der Waals surface area contributed by atoms with Crippen molar-refractivity contribution in [1.82, 2.24) is 14.7 Å². The van der Waals surface area contributed by atoms with Crippen LogP contribution in [0.25, 0.3) is 0 Å². The number of rotatable bonds is 6. The van der Waals surface area contributed by atoms with Crippen molar-refractivity contribution in [1.29, 1.82) is 0 Å². The van der Waals surface area contributed by atoms with E-state index in [1.807, 2.05) is 40.1 Å². The number of nitrogens with zero attached hydrogens (tertiary/aromatic N) is 3. The molecule has 0 aliphatic carbocycles. The molecule has 0 bridgehead atoms. The molecule has 1 aromatic rings. The first kappa shape index (κ1) is 23.6. The van der Waals surface area contributed by atoms with E-state index in [2.05, 4.69) is 0 Å². The number of likely N-dealkylation sites (tertiary alicyclic amines) is 3. The van der Waals surface area contributed by atoms with E-state index in [9.17, 15) is 14.4 Å². The molecule has 0 aromatic heterocycles. The maximum Gasteiger partial charge on any atom is 0.242 e. The molecule has 1 aromatic carbocycles. The van der Waals surface area contributed by atoms with Crippen molar-refractivity contribution in [2.75, 3.05) is 39.3 Å². The Morgan fingerprint density at radius 2 is 1.58 bits per heavy atom. The molecule has 0 radical (unpaired) electrons. The zero-order valence-electron chi connectivity index (χ0n) is 19.6. The fourth-order valence-corrected chi connectivity index (χ4v) is 5.23. The van der Waals surface area contributed by atoms with E-state index in [-0.39, 0.29) is 36.3 Å². The molecule has 0 unspecified atom stereocenters. The third kappa shape index (κ3) is 6.49. The Morgan fingerprint density at radius 1 is 0.848 bits per heavy atom. The molecule has 0 spiro atoms. The van der Waals surface area contributed by atoms with Crippen molar-refractivity contribution in [3.8, 4) is 5.75 Å². The molecule has 3 fully saturated rings. The lowest BCUT2D eigenvalue weighted by Gasteiger charge is -2.40. The van der Waals surface area contributed by atoms with Gasteiger partial charge in [0.15, 0.2) is 0 Å². The fraction of sp³-hybridized carbons (Fsp3) is 0.654. The van der Waals surface area contributed by atoms with Crippen LogP contribution in [-0.2, 0) is 14.4 Å². The lowest BCUT2D eigenvalue weighted by Crippen LogP contribution is -2.52. The molecular weight excluding hydrogens is 418 g/mol. The molecule has 3 heterocycles. The Balaban J connectivity index is 1.41. The normalized spacial score (nSPS) is 24.4. The summed E-state index contributed by atoms with van der Waals surface area (Å²) in [4.78, 5) is 44.1. The number of para-hydroxylation sites is 1. The Morgan fingerprint density at radius 3 is 2.36 bits per heavy atom. The minimum absolute atomic E-state index is 0.0150. The number of carbonyl (C=O) groups is 3. The Hall–Kier alpha value is -2.57. The molecule has 2 atom stereocenters. The second-order valence-corrected chi connectivity index (χ2v) is 9.63. The smallest absolute Gasteiger partial charge is 0.242 e. The maximum atomic E-state index is 13.1. The van der Waals surface area contributed by atoms with Crippen LogP contribution >= 0.6 is 0 Å². The first-order chi connectivity index (χ1) is 16.1. The van der Waals surface area contributed by atoms with Gasteiger partial charge in [0, 0.05) is 57.9 Å². The highest BCUT2D eigenvalue weighted by Crippen LogP contribution is 2.27. The SMILES string of the molecule is O=C(C[C@H]1CN(C(=O)CN2CCCCCC2=O)CC[C@@H]1Oc1ccccc1)N1CCCCC1. The van der Waals surface area contributed by atoms with Crippen molar-refractivity contribution in [2.24, 2.45) is 5.92 Å². The summed E-state index contributed by atoms with van der Waals surface area (Å²) in [5, 5.41) is 0. The van der Waals surface area contributed by atoms with Crippen molar-refractivity contribution in [2.45, 2.75) is 63.9 Å². The monoisotopic (exact) mass is 455 g/mol. The highest BCUT2D eigenvalue weighted by atomic mass is 16.5. The average molecular weight is 456 g/mol. The van der Waals surface area contributed by atoms with Gasteiger partial charge in [-0.1, -0.05) is 24.6 Å². The predicted octanol–water partition coefficient (Wildman–Crippen LogP) is 3.09. The molecule has 7 heteroatoms. The summed E-state index contributed by atoms with van der Waals surface area (Å²) in [5.74, 6) is 0.974.